The molecule has 0 saturated carbocycles. The van der Waals surface area contributed by atoms with Crippen molar-refractivity contribution in [2.45, 2.75) is 45.8 Å². The lowest BCUT2D eigenvalue weighted by atomic mass is 9.95. The number of hydrogen-bond acceptors (Lipinski definition) is 2. The van der Waals surface area contributed by atoms with Crippen molar-refractivity contribution in [3.05, 3.63) is 35.4 Å². The van der Waals surface area contributed by atoms with E-state index in [1.165, 1.54) is 11.1 Å². The fourth-order valence-electron chi connectivity index (χ4n) is 2.60. The molecular formula is C15H22N2O. The van der Waals surface area contributed by atoms with E-state index in [2.05, 4.69) is 37.4 Å². The average Bonchev–Trinajstić information content (AvgIpc) is 2.38. The molecule has 0 saturated heterocycles. The monoisotopic (exact) mass is 246 g/mol. The number of benzene rings is 1. The standard InChI is InChI=1S/C15H22N2O/c1-4-17(11(2)3)15(18)14-9-12-7-5-6-8-13(12)10-16-14/h5-8,11,14,16H,4,9-10H2,1-3H3. The molecule has 0 radical (unpaired) electrons. The third-order valence-electron chi connectivity index (χ3n) is 3.63. The minimum absolute atomic E-state index is 0.0674. The molecule has 3 nitrogen and oxygen atoms in total. The molecule has 1 heterocycles. The van der Waals surface area contributed by atoms with Gasteiger partial charge in [0.2, 0.25) is 5.91 Å². The van der Waals surface area contributed by atoms with Gasteiger partial charge in [-0.25, -0.2) is 0 Å². The molecule has 3 heteroatoms. The van der Waals surface area contributed by atoms with Crippen molar-refractivity contribution in [2.75, 3.05) is 6.54 Å². The maximum atomic E-state index is 12.4. The second kappa shape index (κ2) is 5.53. The van der Waals surface area contributed by atoms with E-state index in [0.29, 0.717) is 0 Å². The average molecular weight is 246 g/mol. The first-order valence-electron chi connectivity index (χ1n) is 6.74. The van der Waals surface area contributed by atoms with Crippen LogP contribution in [-0.4, -0.2) is 29.4 Å². The van der Waals surface area contributed by atoms with Crippen LogP contribution in [0, 0.1) is 0 Å². The molecule has 1 aromatic rings. The highest BCUT2D eigenvalue weighted by Crippen LogP contribution is 2.17. The Balaban J connectivity index is 2.11. The normalized spacial score (nSPS) is 18.6. The largest absolute Gasteiger partial charge is 0.339 e. The number of hydrogen-bond donors (Lipinski definition) is 1. The highest BCUT2D eigenvalue weighted by Gasteiger charge is 2.28. The quantitative estimate of drug-likeness (QED) is 0.884. The molecule has 0 aromatic heterocycles. The van der Waals surface area contributed by atoms with Crippen LogP contribution in [0.4, 0.5) is 0 Å². The number of carbonyl (C=O) groups excluding carboxylic acids is 1. The van der Waals surface area contributed by atoms with E-state index in [1.807, 2.05) is 17.9 Å². The summed E-state index contributed by atoms with van der Waals surface area (Å²) >= 11 is 0. The van der Waals surface area contributed by atoms with Gasteiger partial charge in [0.15, 0.2) is 0 Å². The molecule has 0 spiro atoms. The van der Waals surface area contributed by atoms with Crippen LogP contribution < -0.4 is 5.32 Å². The number of rotatable bonds is 3. The zero-order valence-corrected chi connectivity index (χ0v) is 11.4. The molecule has 0 aliphatic carbocycles. The Hall–Kier alpha value is -1.35. The molecule has 2 rings (SSSR count). The Morgan fingerprint density at radius 2 is 2.06 bits per heavy atom. The van der Waals surface area contributed by atoms with E-state index in [-0.39, 0.29) is 18.0 Å². The van der Waals surface area contributed by atoms with Crippen LogP contribution >= 0.6 is 0 Å². The van der Waals surface area contributed by atoms with Gasteiger partial charge in [0, 0.05) is 19.1 Å². The van der Waals surface area contributed by atoms with Crippen molar-refractivity contribution >= 4 is 5.91 Å². The van der Waals surface area contributed by atoms with E-state index >= 15 is 0 Å². The Labute approximate surface area is 109 Å². The Morgan fingerprint density at radius 1 is 1.39 bits per heavy atom. The van der Waals surface area contributed by atoms with E-state index in [9.17, 15) is 4.79 Å². The zero-order valence-electron chi connectivity index (χ0n) is 11.4. The van der Waals surface area contributed by atoms with Crippen LogP contribution in [0.3, 0.4) is 0 Å². The predicted octanol–water partition coefficient (Wildman–Crippen LogP) is 1.96. The summed E-state index contributed by atoms with van der Waals surface area (Å²) in [5.41, 5.74) is 2.61. The molecule has 1 aromatic carbocycles. The first-order chi connectivity index (χ1) is 8.63. The van der Waals surface area contributed by atoms with Gasteiger partial charge in [0.1, 0.15) is 0 Å². The molecule has 1 N–H and O–H groups in total. The van der Waals surface area contributed by atoms with Gasteiger partial charge in [0.05, 0.1) is 6.04 Å². The fourth-order valence-corrected chi connectivity index (χ4v) is 2.60. The number of nitrogens with one attached hydrogen (secondary N) is 1. The second-order valence-corrected chi connectivity index (χ2v) is 5.12. The third-order valence-corrected chi connectivity index (χ3v) is 3.63. The van der Waals surface area contributed by atoms with Crippen molar-refractivity contribution < 1.29 is 4.79 Å². The summed E-state index contributed by atoms with van der Waals surface area (Å²) in [6.45, 7) is 7.74. The number of amides is 1. The first kappa shape index (κ1) is 13.1. The van der Waals surface area contributed by atoms with Crippen LogP contribution in [0.2, 0.25) is 0 Å². The Bertz CT molecular complexity index is 428. The maximum Gasteiger partial charge on any atom is 0.240 e. The highest BCUT2D eigenvalue weighted by atomic mass is 16.2. The summed E-state index contributed by atoms with van der Waals surface area (Å²) in [5, 5.41) is 3.35. The maximum absolute atomic E-state index is 12.4. The van der Waals surface area contributed by atoms with Crippen molar-refractivity contribution in [3.8, 4) is 0 Å². The topological polar surface area (TPSA) is 32.3 Å². The summed E-state index contributed by atoms with van der Waals surface area (Å²) in [6.07, 6.45) is 0.804. The van der Waals surface area contributed by atoms with Gasteiger partial charge in [-0.3, -0.25) is 4.79 Å². The minimum Gasteiger partial charge on any atom is -0.339 e. The summed E-state index contributed by atoms with van der Waals surface area (Å²) in [4.78, 5) is 14.4. The number of nitrogens with zero attached hydrogens (tertiary/aromatic N) is 1. The Kier molecular flexibility index (Phi) is 4.02. The lowest BCUT2D eigenvalue weighted by molar-refractivity contribution is -0.135. The first-order valence-corrected chi connectivity index (χ1v) is 6.74. The molecule has 1 unspecified atom stereocenters. The molecule has 1 amide bonds. The molecule has 18 heavy (non-hydrogen) atoms. The van der Waals surface area contributed by atoms with Gasteiger partial charge in [-0.15, -0.1) is 0 Å². The van der Waals surface area contributed by atoms with E-state index in [0.717, 1.165) is 19.5 Å². The fraction of sp³-hybridized carbons (Fsp3) is 0.533. The summed E-state index contributed by atoms with van der Waals surface area (Å²) in [6, 6.07) is 8.55. The van der Waals surface area contributed by atoms with Crippen molar-refractivity contribution in [1.29, 1.82) is 0 Å². The number of likely N-dealkylation sites (N-methyl/N-ethyl adjacent to an activating group) is 1. The van der Waals surface area contributed by atoms with Gasteiger partial charge in [0.25, 0.3) is 0 Å². The van der Waals surface area contributed by atoms with Crippen molar-refractivity contribution in [1.82, 2.24) is 10.2 Å². The third kappa shape index (κ3) is 2.56. The summed E-state index contributed by atoms with van der Waals surface area (Å²) < 4.78 is 0. The zero-order chi connectivity index (χ0) is 13.1. The van der Waals surface area contributed by atoms with E-state index in [1.54, 1.807) is 0 Å². The molecule has 1 atom stereocenters. The van der Waals surface area contributed by atoms with Gasteiger partial charge < -0.3 is 10.2 Å². The van der Waals surface area contributed by atoms with Crippen LogP contribution in [0.25, 0.3) is 0 Å². The van der Waals surface area contributed by atoms with Crippen LogP contribution in [-0.2, 0) is 17.8 Å². The SMILES string of the molecule is CCN(C(=O)C1Cc2ccccc2CN1)C(C)C. The molecular weight excluding hydrogens is 224 g/mol. The summed E-state index contributed by atoms with van der Waals surface area (Å²) in [5.74, 6) is 0.224. The smallest absolute Gasteiger partial charge is 0.240 e. The molecule has 0 bridgehead atoms. The molecule has 98 valence electrons. The van der Waals surface area contributed by atoms with E-state index < -0.39 is 0 Å². The summed E-state index contributed by atoms with van der Waals surface area (Å²) in [7, 11) is 0. The van der Waals surface area contributed by atoms with Gasteiger partial charge in [-0.2, -0.15) is 0 Å². The Morgan fingerprint density at radius 3 is 2.67 bits per heavy atom. The van der Waals surface area contributed by atoms with E-state index in [4.69, 9.17) is 0 Å². The van der Waals surface area contributed by atoms with Crippen LogP contribution in [0.1, 0.15) is 31.9 Å². The molecule has 1 aliphatic heterocycles. The number of fused-ring (bicyclic) bond motifs is 1. The minimum atomic E-state index is -0.0674. The van der Waals surface area contributed by atoms with Gasteiger partial charge in [-0.1, -0.05) is 24.3 Å². The predicted molar refractivity (Wildman–Crippen MR) is 73.3 cm³/mol. The highest BCUT2D eigenvalue weighted by molar-refractivity contribution is 5.82. The molecule has 1 aliphatic rings. The van der Waals surface area contributed by atoms with Gasteiger partial charge >= 0.3 is 0 Å². The van der Waals surface area contributed by atoms with Crippen LogP contribution in [0.15, 0.2) is 24.3 Å². The molecule has 0 fully saturated rings. The lowest BCUT2D eigenvalue weighted by Gasteiger charge is -2.32. The van der Waals surface area contributed by atoms with Gasteiger partial charge in [-0.05, 0) is 38.3 Å². The second-order valence-electron chi connectivity index (χ2n) is 5.12. The van der Waals surface area contributed by atoms with Crippen molar-refractivity contribution in [2.24, 2.45) is 0 Å². The van der Waals surface area contributed by atoms with Crippen molar-refractivity contribution in [3.63, 3.8) is 0 Å². The lowest BCUT2D eigenvalue weighted by Crippen LogP contribution is -2.51. The van der Waals surface area contributed by atoms with Crippen LogP contribution in [0.5, 0.6) is 0 Å². The number of carbonyl (C=O) groups is 1.